The molecule has 2 heterocycles. The van der Waals surface area contributed by atoms with E-state index in [0.717, 1.165) is 54.6 Å². The zero-order valence-corrected chi connectivity index (χ0v) is 23.4. The van der Waals surface area contributed by atoms with E-state index in [9.17, 15) is 9.18 Å². The molecule has 0 saturated carbocycles. The minimum absolute atomic E-state index is 0.241. The smallest absolute Gasteiger partial charge is 0.339 e. The van der Waals surface area contributed by atoms with Gasteiger partial charge in [-0.25, -0.2) is 14.2 Å². The van der Waals surface area contributed by atoms with Gasteiger partial charge in [-0.15, -0.1) is 0 Å². The molecular weight excluding hydrogens is 481 g/mol. The molecule has 0 radical (unpaired) electrons. The van der Waals surface area contributed by atoms with Crippen LogP contribution in [0.3, 0.4) is 0 Å². The molecule has 2 atom stereocenters. The lowest BCUT2D eigenvalue weighted by Gasteiger charge is -2.40. The van der Waals surface area contributed by atoms with Crippen molar-refractivity contribution in [1.29, 1.82) is 0 Å². The van der Waals surface area contributed by atoms with E-state index in [1.165, 1.54) is 13.2 Å². The van der Waals surface area contributed by atoms with Gasteiger partial charge in [0.15, 0.2) is 6.10 Å². The highest BCUT2D eigenvalue weighted by atomic mass is 35.5. The van der Waals surface area contributed by atoms with Gasteiger partial charge in [0.2, 0.25) is 0 Å². The van der Waals surface area contributed by atoms with Crippen LogP contribution in [0, 0.1) is 18.2 Å². The Morgan fingerprint density at radius 3 is 2.47 bits per heavy atom. The summed E-state index contributed by atoms with van der Waals surface area (Å²) in [6, 6.07) is 5.08. The number of anilines is 2. The molecule has 0 spiro atoms. The van der Waals surface area contributed by atoms with Gasteiger partial charge in [-0.3, -0.25) is 0 Å². The summed E-state index contributed by atoms with van der Waals surface area (Å²) < 4.78 is 25.4. The van der Waals surface area contributed by atoms with Crippen LogP contribution in [-0.2, 0) is 14.3 Å². The molecule has 0 amide bonds. The summed E-state index contributed by atoms with van der Waals surface area (Å²) >= 11 is 6.26. The van der Waals surface area contributed by atoms with Crippen molar-refractivity contribution < 1.29 is 18.7 Å². The van der Waals surface area contributed by atoms with E-state index in [4.69, 9.17) is 21.1 Å². The van der Waals surface area contributed by atoms with Crippen LogP contribution in [0.5, 0.6) is 0 Å². The summed E-state index contributed by atoms with van der Waals surface area (Å²) in [7, 11) is 1.38. The quantitative estimate of drug-likeness (QED) is 0.313. The number of pyridine rings is 1. The maximum atomic E-state index is 13.9. The van der Waals surface area contributed by atoms with Gasteiger partial charge in [0.25, 0.3) is 0 Å². The number of carbonyl (C=O) groups is 1. The first-order valence-electron chi connectivity index (χ1n) is 12.4. The summed E-state index contributed by atoms with van der Waals surface area (Å²) in [4.78, 5) is 19.3. The van der Waals surface area contributed by atoms with E-state index >= 15 is 0 Å². The fraction of sp³-hybridized carbons (Fsp3) is 0.571. The number of aromatic nitrogens is 1. The molecule has 0 aliphatic carbocycles. The maximum Gasteiger partial charge on any atom is 0.339 e. The van der Waals surface area contributed by atoms with E-state index in [1.54, 1.807) is 0 Å². The fourth-order valence-corrected chi connectivity index (χ4v) is 4.84. The second-order valence-electron chi connectivity index (χ2n) is 11.4. The van der Waals surface area contributed by atoms with Crippen molar-refractivity contribution in [3.63, 3.8) is 0 Å². The zero-order chi connectivity index (χ0) is 26.8. The SMILES string of the molecule is COC(=O)C(OC(C)(C)C)c1c(N2CCC(C)(C)CC2)ccc(N[C@@H](C)c2cc(F)cnc2Cl)c1C. The van der Waals surface area contributed by atoms with Gasteiger partial charge >= 0.3 is 5.97 Å². The molecular formula is C28H39ClFN3O3. The second kappa shape index (κ2) is 10.9. The highest BCUT2D eigenvalue weighted by Crippen LogP contribution is 2.41. The molecule has 3 rings (SSSR count). The van der Waals surface area contributed by atoms with Crippen molar-refractivity contribution in [2.75, 3.05) is 30.4 Å². The number of hydrogen-bond donors (Lipinski definition) is 1. The molecule has 0 bridgehead atoms. The Morgan fingerprint density at radius 1 is 1.25 bits per heavy atom. The third-order valence-corrected chi connectivity index (χ3v) is 7.09. The molecule has 1 aromatic carbocycles. The van der Waals surface area contributed by atoms with E-state index in [0.29, 0.717) is 5.56 Å². The van der Waals surface area contributed by atoms with Crippen LogP contribution in [-0.4, -0.2) is 36.8 Å². The Balaban J connectivity index is 2.09. The van der Waals surface area contributed by atoms with Crippen LogP contribution >= 0.6 is 11.6 Å². The number of ether oxygens (including phenoxy) is 2. The molecule has 1 aromatic heterocycles. The van der Waals surface area contributed by atoms with Crippen LogP contribution in [0.15, 0.2) is 24.4 Å². The van der Waals surface area contributed by atoms with Gasteiger partial charge in [0, 0.05) is 35.6 Å². The predicted molar refractivity (Wildman–Crippen MR) is 143 cm³/mol. The molecule has 1 fully saturated rings. The molecule has 1 aliphatic heterocycles. The fourth-order valence-electron chi connectivity index (χ4n) is 4.57. The molecule has 1 saturated heterocycles. The molecule has 198 valence electrons. The minimum Gasteiger partial charge on any atom is -0.467 e. The van der Waals surface area contributed by atoms with E-state index in [1.807, 2.05) is 46.8 Å². The number of piperidine rings is 1. The Morgan fingerprint density at radius 2 is 1.89 bits per heavy atom. The van der Waals surface area contributed by atoms with Gasteiger partial charge in [0.05, 0.1) is 24.9 Å². The first kappa shape index (κ1) is 28.2. The lowest BCUT2D eigenvalue weighted by Crippen LogP contribution is -2.39. The standard InChI is InChI=1S/C28H39ClFN3O3/c1-17-21(32-18(2)20-15-19(30)16-31-25(20)29)9-10-22(33-13-11-28(6,7)12-14-33)23(17)24(26(34)35-8)36-27(3,4)5/h9-10,15-16,18,24,32H,11-14H2,1-8H3/t18-,24?/m0/s1. The average molecular weight is 520 g/mol. The first-order chi connectivity index (χ1) is 16.7. The predicted octanol–water partition coefficient (Wildman–Crippen LogP) is 7.01. The summed E-state index contributed by atoms with van der Waals surface area (Å²) in [6.07, 6.45) is 2.30. The van der Waals surface area contributed by atoms with Crippen molar-refractivity contribution in [1.82, 2.24) is 4.98 Å². The number of rotatable bonds is 7. The van der Waals surface area contributed by atoms with Crippen LogP contribution in [0.2, 0.25) is 5.15 Å². The number of esters is 1. The number of hydrogen-bond acceptors (Lipinski definition) is 6. The van der Waals surface area contributed by atoms with E-state index in [2.05, 4.69) is 29.0 Å². The monoisotopic (exact) mass is 519 g/mol. The Bertz CT molecular complexity index is 1090. The third-order valence-electron chi connectivity index (χ3n) is 6.77. The maximum absolute atomic E-state index is 13.9. The van der Waals surface area contributed by atoms with Gasteiger partial charge in [-0.05, 0) is 76.6 Å². The van der Waals surface area contributed by atoms with Crippen molar-refractivity contribution in [2.24, 2.45) is 5.41 Å². The summed E-state index contributed by atoms with van der Waals surface area (Å²) in [5, 5.41) is 3.68. The van der Waals surface area contributed by atoms with Crippen molar-refractivity contribution in [3.8, 4) is 0 Å². The van der Waals surface area contributed by atoms with E-state index in [-0.39, 0.29) is 16.6 Å². The molecule has 2 aromatic rings. The van der Waals surface area contributed by atoms with Crippen molar-refractivity contribution in [2.45, 2.75) is 79.1 Å². The molecule has 1 N–H and O–H groups in total. The average Bonchev–Trinajstić information content (AvgIpc) is 2.79. The molecule has 8 heteroatoms. The van der Waals surface area contributed by atoms with Crippen LogP contribution in [0.25, 0.3) is 0 Å². The zero-order valence-electron chi connectivity index (χ0n) is 22.7. The molecule has 6 nitrogen and oxygen atoms in total. The summed E-state index contributed by atoms with van der Waals surface area (Å²) in [5.74, 6) is -0.901. The lowest BCUT2D eigenvalue weighted by atomic mass is 9.82. The van der Waals surface area contributed by atoms with Gasteiger partial charge in [0.1, 0.15) is 11.0 Å². The number of methoxy groups -OCH3 is 1. The molecule has 36 heavy (non-hydrogen) atoms. The minimum atomic E-state index is -0.906. The highest BCUT2D eigenvalue weighted by Gasteiger charge is 2.35. The molecule has 1 unspecified atom stereocenters. The summed E-state index contributed by atoms with van der Waals surface area (Å²) in [6.45, 7) is 16.0. The highest BCUT2D eigenvalue weighted by molar-refractivity contribution is 6.30. The lowest BCUT2D eigenvalue weighted by molar-refractivity contribution is -0.164. The molecule has 1 aliphatic rings. The van der Waals surface area contributed by atoms with Gasteiger partial charge in [-0.1, -0.05) is 25.4 Å². The number of carbonyl (C=O) groups excluding carboxylic acids is 1. The normalized spacial score (nSPS) is 17.4. The van der Waals surface area contributed by atoms with Crippen LogP contribution in [0.1, 0.15) is 83.2 Å². The Kier molecular flexibility index (Phi) is 8.56. The first-order valence-corrected chi connectivity index (χ1v) is 12.8. The topological polar surface area (TPSA) is 63.7 Å². The Labute approximate surface area is 219 Å². The Hall–Kier alpha value is -2.38. The largest absolute Gasteiger partial charge is 0.467 e. The summed E-state index contributed by atoms with van der Waals surface area (Å²) in [5.41, 5.74) is 3.66. The van der Waals surface area contributed by atoms with Crippen LogP contribution < -0.4 is 10.2 Å². The third kappa shape index (κ3) is 6.68. The van der Waals surface area contributed by atoms with Crippen molar-refractivity contribution in [3.05, 3.63) is 52.1 Å². The van der Waals surface area contributed by atoms with E-state index < -0.39 is 23.5 Å². The number of nitrogens with zero attached hydrogens (tertiary/aromatic N) is 2. The van der Waals surface area contributed by atoms with Gasteiger partial charge < -0.3 is 19.7 Å². The number of nitrogens with one attached hydrogen (secondary N) is 1. The van der Waals surface area contributed by atoms with Gasteiger partial charge in [-0.2, -0.15) is 0 Å². The number of benzene rings is 1. The number of halogens is 2. The second-order valence-corrected chi connectivity index (χ2v) is 11.7. The van der Waals surface area contributed by atoms with Crippen LogP contribution in [0.4, 0.5) is 15.8 Å². The van der Waals surface area contributed by atoms with Crippen molar-refractivity contribution >= 4 is 28.9 Å².